The molecule has 1 saturated heterocycles. The number of sulfonamides is 1. The zero-order valence-corrected chi connectivity index (χ0v) is 13.2. The van der Waals surface area contributed by atoms with Gasteiger partial charge in [0.1, 0.15) is 4.90 Å². The molecule has 0 N–H and O–H groups in total. The summed E-state index contributed by atoms with van der Waals surface area (Å²) >= 11 is 7.47. The van der Waals surface area contributed by atoms with E-state index in [4.69, 9.17) is 11.6 Å². The average Bonchev–Trinajstić information content (AvgIpc) is 2.88. The van der Waals surface area contributed by atoms with Crippen LogP contribution in [0.2, 0.25) is 0 Å². The molecule has 0 radical (unpaired) electrons. The minimum Gasteiger partial charge on any atom is -0.270 e. The van der Waals surface area contributed by atoms with E-state index in [-0.39, 0.29) is 4.90 Å². The van der Waals surface area contributed by atoms with Crippen molar-refractivity contribution < 1.29 is 8.42 Å². The number of rotatable bonds is 5. The van der Waals surface area contributed by atoms with Crippen LogP contribution in [-0.2, 0) is 16.6 Å². The van der Waals surface area contributed by atoms with Gasteiger partial charge in [0.25, 0.3) is 0 Å². The zero-order valence-electron chi connectivity index (χ0n) is 10.8. The number of thioether (sulfide) groups is 1. The van der Waals surface area contributed by atoms with Crippen LogP contribution in [0.5, 0.6) is 0 Å². The van der Waals surface area contributed by atoms with E-state index in [9.17, 15) is 8.42 Å². The smallest absolute Gasteiger partial charge is 0.246 e. The Bertz CT molecular complexity index is 518. The van der Waals surface area contributed by atoms with E-state index in [1.54, 1.807) is 15.2 Å². The second-order valence-electron chi connectivity index (χ2n) is 4.39. The summed E-state index contributed by atoms with van der Waals surface area (Å²) in [4.78, 5) is 0.263. The van der Waals surface area contributed by atoms with Crippen LogP contribution in [0.3, 0.4) is 0 Å². The summed E-state index contributed by atoms with van der Waals surface area (Å²) in [5.74, 6) is 1.27. The molecule has 108 valence electrons. The number of hydrogen-bond acceptors (Lipinski definition) is 4. The Morgan fingerprint density at radius 3 is 3.05 bits per heavy atom. The van der Waals surface area contributed by atoms with Gasteiger partial charge >= 0.3 is 0 Å². The minimum atomic E-state index is -3.41. The van der Waals surface area contributed by atoms with Gasteiger partial charge in [0.2, 0.25) is 10.0 Å². The summed E-state index contributed by atoms with van der Waals surface area (Å²) in [6, 6.07) is 0. The Morgan fingerprint density at radius 2 is 2.37 bits per heavy atom. The van der Waals surface area contributed by atoms with Crippen molar-refractivity contribution >= 4 is 33.4 Å². The molecule has 2 rings (SSSR count). The molecule has 1 atom stereocenters. The first-order valence-corrected chi connectivity index (χ1v) is 9.30. The van der Waals surface area contributed by atoms with E-state index in [0.29, 0.717) is 30.8 Å². The van der Waals surface area contributed by atoms with Gasteiger partial charge in [-0.05, 0) is 6.42 Å². The first kappa shape index (κ1) is 15.2. The molecule has 0 aromatic carbocycles. The molecule has 1 fully saturated rings. The SMILES string of the molecule is CCC1CN(S(=O)(=O)c2cnn(CCCl)c2)CCS1. The van der Waals surface area contributed by atoms with Gasteiger partial charge in [-0.1, -0.05) is 6.92 Å². The molecule has 2 heterocycles. The highest BCUT2D eigenvalue weighted by molar-refractivity contribution is 8.00. The van der Waals surface area contributed by atoms with Gasteiger partial charge in [0, 0.05) is 36.2 Å². The molecule has 1 aliphatic rings. The van der Waals surface area contributed by atoms with Crippen molar-refractivity contribution in [3.63, 3.8) is 0 Å². The second-order valence-corrected chi connectivity index (χ2v) is 8.12. The molecule has 1 aromatic heterocycles. The third-order valence-corrected chi connectivity index (χ3v) is 6.48. The molecule has 0 saturated carbocycles. The third-order valence-electron chi connectivity index (χ3n) is 3.12. The zero-order chi connectivity index (χ0) is 13.9. The maximum Gasteiger partial charge on any atom is 0.246 e. The maximum atomic E-state index is 12.5. The Hall–Kier alpha value is -0.240. The lowest BCUT2D eigenvalue weighted by atomic mass is 10.3. The molecule has 8 heteroatoms. The van der Waals surface area contributed by atoms with Gasteiger partial charge in [-0.15, -0.1) is 11.6 Å². The quantitative estimate of drug-likeness (QED) is 0.773. The molecule has 1 unspecified atom stereocenters. The van der Waals surface area contributed by atoms with Crippen LogP contribution in [0.25, 0.3) is 0 Å². The number of hydrogen-bond donors (Lipinski definition) is 0. The third kappa shape index (κ3) is 3.45. The van der Waals surface area contributed by atoms with Crippen LogP contribution in [-0.4, -0.2) is 52.5 Å². The molecule has 5 nitrogen and oxygen atoms in total. The highest BCUT2D eigenvalue weighted by Crippen LogP contribution is 2.25. The minimum absolute atomic E-state index is 0.263. The highest BCUT2D eigenvalue weighted by atomic mass is 35.5. The Kier molecular flexibility index (Phi) is 5.16. The Labute approximate surface area is 123 Å². The Balaban J connectivity index is 2.16. The predicted octanol–water partition coefficient (Wildman–Crippen LogP) is 1.64. The van der Waals surface area contributed by atoms with Gasteiger partial charge in [-0.25, -0.2) is 8.42 Å². The van der Waals surface area contributed by atoms with Crippen molar-refractivity contribution in [1.82, 2.24) is 14.1 Å². The molecule has 0 spiro atoms. The Morgan fingerprint density at radius 1 is 1.58 bits per heavy atom. The summed E-state index contributed by atoms with van der Waals surface area (Å²) in [7, 11) is -3.41. The van der Waals surface area contributed by atoms with Crippen molar-refractivity contribution in [1.29, 1.82) is 0 Å². The van der Waals surface area contributed by atoms with Gasteiger partial charge in [0.05, 0.1) is 12.7 Å². The predicted molar refractivity (Wildman–Crippen MR) is 78.2 cm³/mol. The molecule has 0 aliphatic carbocycles. The molecular formula is C11H18ClN3O2S2. The van der Waals surface area contributed by atoms with Gasteiger partial charge < -0.3 is 0 Å². The van der Waals surface area contributed by atoms with Crippen molar-refractivity contribution in [3.05, 3.63) is 12.4 Å². The van der Waals surface area contributed by atoms with Gasteiger partial charge in [-0.3, -0.25) is 4.68 Å². The summed E-state index contributed by atoms with van der Waals surface area (Å²) in [5, 5.41) is 4.42. The standard InChI is InChI=1S/C11H18ClN3O2S2/c1-2-10-8-15(5-6-18-10)19(16,17)11-7-13-14(9-11)4-3-12/h7,9-10H,2-6,8H2,1H3. The normalized spacial score (nSPS) is 21.7. The molecule has 19 heavy (non-hydrogen) atoms. The summed E-state index contributed by atoms with van der Waals surface area (Å²) in [5.41, 5.74) is 0. The second kappa shape index (κ2) is 6.47. The average molecular weight is 324 g/mol. The first-order chi connectivity index (χ1) is 9.07. The van der Waals surface area contributed by atoms with Crippen molar-refractivity contribution in [2.24, 2.45) is 0 Å². The van der Waals surface area contributed by atoms with E-state index >= 15 is 0 Å². The van der Waals surface area contributed by atoms with E-state index in [2.05, 4.69) is 12.0 Å². The van der Waals surface area contributed by atoms with Crippen molar-refractivity contribution in [3.8, 4) is 0 Å². The fourth-order valence-electron chi connectivity index (χ4n) is 1.99. The molecular weight excluding hydrogens is 306 g/mol. The molecule has 1 aromatic rings. The number of alkyl halides is 1. The fraction of sp³-hybridized carbons (Fsp3) is 0.727. The summed E-state index contributed by atoms with van der Waals surface area (Å²) < 4.78 is 28.1. The molecule has 0 bridgehead atoms. The van der Waals surface area contributed by atoms with Crippen LogP contribution in [0.15, 0.2) is 17.3 Å². The lowest BCUT2D eigenvalue weighted by molar-refractivity contribution is 0.416. The number of nitrogens with zero attached hydrogens (tertiary/aromatic N) is 3. The largest absolute Gasteiger partial charge is 0.270 e. The van der Waals surface area contributed by atoms with Crippen LogP contribution < -0.4 is 0 Å². The van der Waals surface area contributed by atoms with Crippen LogP contribution in [0, 0.1) is 0 Å². The van der Waals surface area contributed by atoms with Gasteiger partial charge in [0.15, 0.2) is 0 Å². The van der Waals surface area contributed by atoms with E-state index in [1.807, 2.05) is 11.8 Å². The van der Waals surface area contributed by atoms with E-state index in [0.717, 1.165) is 12.2 Å². The van der Waals surface area contributed by atoms with E-state index < -0.39 is 10.0 Å². The number of aryl methyl sites for hydroxylation is 1. The van der Waals surface area contributed by atoms with Crippen LogP contribution in [0.1, 0.15) is 13.3 Å². The van der Waals surface area contributed by atoms with Crippen LogP contribution in [0.4, 0.5) is 0 Å². The lowest BCUT2D eigenvalue weighted by Gasteiger charge is -2.30. The van der Waals surface area contributed by atoms with Crippen LogP contribution >= 0.6 is 23.4 Å². The number of halogens is 1. The fourth-order valence-corrected chi connectivity index (χ4v) is 5.00. The van der Waals surface area contributed by atoms with Gasteiger partial charge in [-0.2, -0.15) is 21.2 Å². The summed E-state index contributed by atoms with van der Waals surface area (Å²) in [6.07, 6.45) is 3.95. The molecule has 1 aliphatic heterocycles. The molecule has 0 amide bonds. The monoisotopic (exact) mass is 323 g/mol. The maximum absolute atomic E-state index is 12.5. The van der Waals surface area contributed by atoms with Crippen molar-refractivity contribution in [2.45, 2.75) is 30.0 Å². The van der Waals surface area contributed by atoms with E-state index in [1.165, 1.54) is 6.20 Å². The van der Waals surface area contributed by atoms with Crippen molar-refractivity contribution in [2.75, 3.05) is 24.7 Å². The first-order valence-electron chi connectivity index (χ1n) is 6.28. The summed E-state index contributed by atoms with van der Waals surface area (Å²) in [6.45, 7) is 3.77. The topological polar surface area (TPSA) is 55.2 Å². The lowest BCUT2D eigenvalue weighted by Crippen LogP contribution is -2.41. The highest BCUT2D eigenvalue weighted by Gasteiger charge is 2.30. The number of aromatic nitrogens is 2.